The molecule has 0 radical (unpaired) electrons. The van der Waals surface area contributed by atoms with Crippen LogP contribution in [0.3, 0.4) is 0 Å². The molecule has 0 rings (SSSR count). The van der Waals surface area contributed by atoms with Gasteiger partial charge in [0, 0.05) is 25.1 Å². The standard InChI is InChI=1S/C31H46N2O6/c1-3-4-5-6-7-8-9-10-11-12-13-14-15-16-17-18-19-23-29(35)33-27(31(37)38)22-20-21-26-32-28(34)24-25-30(36)39-2/h4-5,7-8,10-11,13-14,16-17,24-25,27H,3,6,9,12,15,18-23,26H2,1-2H3,(H,32,34)(H,33,35)(H,37,38). The molecule has 2 amide bonds. The number of methoxy groups -OCH3 is 1. The minimum atomic E-state index is -1.08. The minimum Gasteiger partial charge on any atom is -0.480 e. The molecule has 0 aliphatic heterocycles. The summed E-state index contributed by atoms with van der Waals surface area (Å²) in [5.41, 5.74) is 0. The van der Waals surface area contributed by atoms with Gasteiger partial charge in [0.1, 0.15) is 6.04 Å². The van der Waals surface area contributed by atoms with E-state index in [1.165, 1.54) is 7.11 Å². The fourth-order valence-corrected chi connectivity index (χ4v) is 3.23. The molecular weight excluding hydrogens is 496 g/mol. The van der Waals surface area contributed by atoms with Gasteiger partial charge in [0.2, 0.25) is 11.8 Å². The first-order valence-corrected chi connectivity index (χ1v) is 13.7. The minimum absolute atomic E-state index is 0.265. The predicted octanol–water partition coefficient (Wildman–Crippen LogP) is 5.49. The molecule has 0 fully saturated rings. The van der Waals surface area contributed by atoms with E-state index in [1.54, 1.807) is 0 Å². The molecule has 0 aromatic carbocycles. The number of carboxylic acid groups (broad SMARTS) is 1. The average Bonchev–Trinajstić information content (AvgIpc) is 2.92. The van der Waals surface area contributed by atoms with Gasteiger partial charge in [-0.2, -0.15) is 0 Å². The van der Waals surface area contributed by atoms with Gasteiger partial charge in [0.05, 0.1) is 7.11 Å². The molecule has 0 aliphatic carbocycles. The number of hydrogen-bond donors (Lipinski definition) is 3. The van der Waals surface area contributed by atoms with Gasteiger partial charge >= 0.3 is 11.9 Å². The lowest BCUT2D eigenvalue weighted by molar-refractivity contribution is -0.142. The highest BCUT2D eigenvalue weighted by Gasteiger charge is 2.18. The first-order chi connectivity index (χ1) is 18.9. The van der Waals surface area contributed by atoms with Gasteiger partial charge in [0.15, 0.2) is 0 Å². The van der Waals surface area contributed by atoms with Crippen molar-refractivity contribution >= 4 is 23.8 Å². The largest absolute Gasteiger partial charge is 0.480 e. The van der Waals surface area contributed by atoms with Crippen molar-refractivity contribution in [3.8, 4) is 0 Å². The summed E-state index contributed by atoms with van der Waals surface area (Å²) in [6.45, 7) is 2.46. The maximum atomic E-state index is 12.1. The van der Waals surface area contributed by atoms with Crippen LogP contribution in [0.5, 0.6) is 0 Å². The van der Waals surface area contributed by atoms with Crippen LogP contribution in [-0.2, 0) is 23.9 Å². The van der Waals surface area contributed by atoms with E-state index >= 15 is 0 Å². The zero-order valence-electron chi connectivity index (χ0n) is 23.5. The molecule has 8 nitrogen and oxygen atoms in total. The van der Waals surface area contributed by atoms with E-state index in [4.69, 9.17) is 0 Å². The topological polar surface area (TPSA) is 122 Å². The Hall–Kier alpha value is -3.68. The lowest BCUT2D eigenvalue weighted by Crippen LogP contribution is -2.40. The highest BCUT2D eigenvalue weighted by Crippen LogP contribution is 2.04. The Labute approximate surface area is 233 Å². The predicted molar refractivity (Wildman–Crippen MR) is 156 cm³/mol. The Morgan fingerprint density at radius 3 is 1.87 bits per heavy atom. The smallest absolute Gasteiger partial charge is 0.330 e. The van der Waals surface area contributed by atoms with E-state index in [9.17, 15) is 24.3 Å². The highest BCUT2D eigenvalue weighted by atomic mass is 16.5. The third-order valence-electron chi connectivity index (χ3n) is 5.36. The summed E-state index contributed by atoms with van der Waals surface area (Å²) in [4.78, 5) is 46.1. The number of carboxylic acids is 1. The molecule has 216 valence electrons. The summed E-state index contributed by atoms with van der Waals surface area (Å²) < 4.78 is 4.40. The Bertz CT molecular complexity index is 884. The van der Waals surface area contributed by atoms with Crippen molar-refractivity contribution in [1.82, 2.24) is 10.6 Å². The average molecular weight is 543 g/mol. The van der Waals surface area contributed by atoms with E-state index in [0.29, 0.717) is 25.8 Å². The number of amides is 2. The number of rotatable bonds is 22. The van der Waals surface area contributed by atoms with E-state index in [2.05, 4.69) is 77.0 Å². The Morgan fingerprint density at radius 1 is 0.769 bits per heavy atom. The second-order valence-electron chi connectivity index (χ2n) is 8.70. The number of unbranched alkanes of at least 4 members (excludes halogenated alkanes) is 2. The Balaban J connectivity index is 3.94. The number of nitrogens with one attached hydrogen (secondary N) is 2. The number of carbonyl (C=O) groups is 4. The molecule has 39 heavy (non-hydrogen) atoms. The van der Waals surface area contributed by atoms with Crippen molar-refractivity contribution < 1.29 is 29.0 Å². The lowest BCUT2D eigenvalue weighted by Gasteiger charge is -2.14. The highest BCUT2D eigenvalue weighted by molar-refractivity contribution is 5.94. The molecule has 0 saturated carbocycles. The van der Waals surface area contributed by atoms with Crippen LogP contribution in [0.4, 0.5) is 0 Å². The monoisotopic (exact) mass is 542 g/mol. The molecular formula is C31H46N2O6. The van der Waals surface area contributed by atoms with E-state index < -0.39 is 23.9 Å². The van der Waals surface area contributed by atoms with E-state index in [0.717, 1.165) is 50.7 Å². The van der Waals surface area contributed by atoms with Crippen LogP contribution in [0.25, 0.3) is 0 Å². The van der Waals surface area contributed by atoms with Crippen molar-refractivity contribution in [3.63, 3.8) is 0 Å². The maximum Gasteiger partial charge on any atom is 0.330 e. The van der Waals surface area contributed by atoms with Crippen LogP contribution >= 0.6 is 0 Å². The van der Waals surface area contributed by atoms with Gasteiger partial charge in [0.25, 0.3) is 0 Å². The van der Waals surface area contributed by atoms with Crippen molar-refractivity contribution in [2.24, 2.45) is 0 Å². The number of ether oxygens (including phenoxy) is 1. The fourth-order valence-electron chi connectivity index (χ4n) is 3.23. The third-order valence-corrected chi connectivity index (χ3v) is 5.36. The second kappa shape index (κ2) is 25.9. The number of allylic oxidation sites excluding steroid dienone is 10. The van der Waals surface area contributed by atoms with Gasteiger partial charge in [-0.3, -0.25) is 9.59 Å². The van der Waals surface area contributed by atoms with Crippen molar-refractivity contribution in [2.75, 3.05) is 13.7 Å². The van der Waals surface area contributed by atoms with Crippen LogP contribution in [0.15, 0.2) is 72.9 Å². The molecule has 1 atom stereocenters. The Kier molecular flexibility index (Phi) is 23.5. The van der Waals surface area contributed by atoms with Gasteiger partial charge in [-0.15, -0.1) is 0 Å². The van der Waals surface area contributed by atoms with E-state index in [-0.39, 0.29) is 18.7 Å². The quantitative estimate of drug-likeness (QED) is 0.0719. The molecule has 0 aromatic heterocycles. The van der Waals surface area contributed by atoms with Gasteiger partial charge in [-0.1, -0.05) is 67.7 Å². The maximum absolute atomic E-state index is 12.1. The summed E-state index contributed by atoms with van der Waals surface area (Å²) >= 11 is 0. The van der Waals surface area contributed by atoms with Crippen molar-refractivity contribution in [3.05, 3.63) is 72.9 Å². The third kappa shape index (κ3) is 24.4. The normalized spacial score (nSPS) is 12.9. The summed E-state index contributed by atoms with van der Waals surface area (Å²) in [5.74, 6) is -2.42. The van der Waals surface area contributed by atoms with Gasteiger partial charge in [-0.05, 0) is 64.2 Å². The molecule has 0 aromatic rings. The summed E-state index contributed by atoms with van der Waals surface area (Å²) in [7, 11) is 1.22. The Morgan fingerprint density at radius 2 is 1.33 bits per heavy atom. The van der Waals surface area contributed by atoms with Gasteiger partial charge in [-0.25, -0.2) is 9.59 Å². The van der Waals surface area contributed by atoms with Crippen LogP contribution in [0.1, 0.15) is 77.6 Å². The zero-order chi connectivity index (χ0) is 29.0. The summed E-state index contributed by atoms with van der Waals surface area (Å²) in [6.07, 6.45) is 31.2. The fraction of sp³-hybridized carbons (Fsp3) is 0.484. The van der Waals surface area contributed by atoms with Crippen LogP contribution < -0.4 is 10.6 Å². The molecule has 0 saturated heterocycles. The number of aliphatic carboxylic acids is 1. The summed E-state index contributed by atoms with van der Waals surface area (Å²) in [6, 6.07) is -0.957. The van der Waals surface area contributed by atoms with Crippen molar-refractivity contribution in [2.45, 2.75) is 83.6 Å². The number of esters is 1. The molecule has 8 heteroatoms. The molecule has 3 N–H and O–H groups in total. The SMILES string of the molecule is CCC=CCC=CCC=CCC=CCC=CCCCC(=O)NC(CCCCNC(=O)C=CC(=O)OC)C(=O)O. The molecule has 0 aliphatic rings. The van der Waals surface area contributed by atoms with E-state index in [1.807, 2.05) is 6.08 Å². The van der Waals surface area contributed by atoms with Crippen LogP contribution in [-0.4, -0.2) is 48.6 Å². The first kappa shape index (κ1) is 35.3. The number of carbonyl (C=O) groups excluding carboxylic acids is 3. The summed E-state index contributed by atoms with van der Waals surface area (Å²) in [5, 5.41) is 14.5. The lowest BCUT2D eigenvalue weighted by atomic mass is 10.1. The molecule has 0 spiro atoms. The van der Waals surface area contributed by atoms with Gasteiger partial charge < -0.3 is 20.5 Å². The molecule has 0 heterocycles. The molecule has 1 unspecified atom stereocenters. The number of hydrogen-bond acceptors (Lipinski definition) is 5. The molecule has 0 bridgehead atoms. The zero-order valence-corrected chi connectivity index (χ0v) is 23.5. The second-order valence-corrected chi connectivity index (χ2v) is 8.70. The van der Waals surface area contributed by atoms with Crippen molar-refractivity contribution in [1.29, 1.82) is 0 Å². The van der Waals surface area contributed by atoms with Crippen LogP contribution in [0, 0.1) is 0 Å². The van der Waals surface area contributed by atoms with Crippen LogP contribution in [0.2, 0.25) is 0 Å². The first-order valence-electron chi connectivity index (χ1n) is 13.7.